The maximum absolute atomic E-state index is 10.1. The number of rotatable bonds is 3. The Morgan fingerprint density at radius 2 is 1.94 bits per heavy atom. The average Bonchev–Trinajstić information content (AvgIpc) is 2.68. The first kappa shape index (κ1) is 11.3. The molecular weight excluding hydrogens is 218 g/mol. The Bertz CT molecular complexity index is 445. The highest BCUT2D eigenvalue weighted by atomic mass is 32.1. The van der Waals surface area contributed by atoms with Gasteiger partial charge in [0, 0.05) is 18.0 Å². The third kappa shape index (κ3) is 2.68. The van der Waals surface area contributed by atoms with E-state index in [0.29, 0.717) is 6.42 Å². The van der Waals surface area contributed by atoms with Crippen LogP contribution < -0.4 is 0 Å². The number of benzene rings is 1. The van der Waals surface area contributed by atoms with Crippen molar-refractivity contribution in [2.45, 2.75) is 26.4 Å². The van der Waals surface area contributed by atoms with Crippen LogP contribution in [0.4, 0.5) is 0 Å². The molecular formula is C13H15NOS. The molecule has 0 aliphatic rings. The topological polar surface area (TPSA) is 33.1 Å². The SMILES string of the molecule is Cc1cc(C)cc(C(O)Cc2nccs2)c1. The summed E-state index contributed by atoms with van der Waals surface area (Å²) in [5, 5.41) is 13.0. The summed E-state index contributed by atoms with van der Waals surface area (Å²) in [4.78, 5) is 4.19. The van der Waals surface area contributed by atoms with Crippen molar-refractivity contribution in [2.24, 2.45) is 0 Å². The molecule has 1 aromatic carbocycles. The van der Waals surface area contributed by atoms with Gasteiger partial charge >= 0.3 is 0 Å². The van der Waals surface area contributed by atoms with Gasteiger partial charge in [0.05, 0.1) is 11.1 Å². The zero-order valence-corrected chi connectivity index (χ0v) is 10.3. The molecule has 0 radical (unpaired) electrons. The van der Waals surface area contributed by atoms with E-state index in [4.69, 9.17) is 0 Å². The normalized spacial score (nSPS) is 12.7. The summed E-state index contributed by atoms with van der Waals surface area (Å²) >= 11 is 1.58. The van der Waals surface area contributed by atoms with Gasteiger partial charge in [-0.25, -0.2) is 4.98 Å². The van der Waals surface area contributed by atoms with Gasteiger partial charge in [-0.2, -0.15) is 0 Å². The molecule has 2 aromatic rings. The lowest BCUT2D eigenvalue weighted by Crippen LogP contribution is -2.02. The second-order valence-electron chi connectivity index (χ2n) is 4.07. The van der Waals surface area contributed by atoms with Gasteiger partial charge in [-0.05, 0) is 19.4 Å². The molecule has 0 saturated heterocycles. The van der Waals surface area contributed by atoms with E-state index in [9.17, 15) is 5.11 Å². The van der Waals surface area contributed by atoms with Crippen molar-refractivity contribution < 1.29 is 5.11 Å². The monoisotopic (exact) mass is 233 g/mol. The smallest absolute Gasteiger partial charge is 0.0954 e. The molecule has 0 bridgehead atoms. The van der Waals surface area contributed by atoms with E-state index in [1.807, 2.05) is 31.4 Å². The summed E-state index contributed by atoms with van der Waals surface area (Å²) in [7, 11) is 0. The molecule has 84 valence electrons. The van der Waals surface area contributed by atoms with E-state index < -0.39 is 6.10 Å². The molecule has 0 amide bonds. The summed E-state index contributed by atoms with van der Waals surface area (Å²) in [6.45, 7) is 4.10. The fraction of sp³-hybridized carbons (Fsp3) is 0.308. The van der Waals surface area contributed by atoms with Crippen LogP contribution in [0.1, 0.15) is 27.8 Å². The number of thiazole rings is 1. The van der Waals surface area contributed by atoms with E-state index in [0.717, 1.165) is 10.6 Å². The number of aromatic nitrogens is 1. The molecule has 0 fully saturated rings. The number of hydrogen-bond donors (Lipinski definition) is 1. The minimum absolute atomic E-state index is 0.454. The highest BCUT2D eigenvalue weighted by Crippen LogP contribution is 2.21. The van der Waals surface area contributed by atoms with Crippen LogP contribution in [-0.4, -0.2) is 10.1 Å². The lowest BCUT2D eigenvalue weighted by atomic mass is 10.0. The fourth-order valence-corrected chi connectivity index (χ4v) is 2.49. The van der Waals surface area contributed by atoms with Crippen molar-refractivity contribution in [3.63, 3.8) is 0 Å². The van der Waals surface area contributed by atoms with E-state index in [1.54, 1.807) is 17.5 Å². The van der Waals surface area contributed by atoms with Gasteiger partial charge in [-0.1, -0.05) is 29.3 Å². The Morgan fingerprint density at radius 3 is 2.50 bits per heavy atom. The molecule has 2 nitrogen and oxygen atoms in total. The first-order chi connectivity index (χ1) is 7.65. The largest absolute Gasteiger partial charge is 0.388 e. The summed E-state index contributed by atoms with van der Waals surface area (Å²) in [6, 6.07) is 6.18. The van der Waals surface area contributed by atoms with Gasteiger partial charge in [0.25, 0.3) is 0 Å². The summed E-state index contributed by atoms with van der Waals surface area (Å²) in [6.07, 6.45) is 1.92. The quantitative estimate of drug-likeness (QED) is 0.884. The maximum Gasteiger partial charge on any atom is 0.0954 e. The molecule has 2 rings (SSSR count). The van der Waals surface area contributed by atoms with Crippen LogP contribution in [0.2, 0.25) is 0 Å². The summed E-state index contributed by atoms with van der Waals surface area (Å²) in [5.74, 6) is 0. The van der Waals surface area contributed by atoms with Crippen molar-refractivity contribution in [3.05, 3.63) is 51.5 Å². The molecule has 3 heteroatoms. The van der Waals surface area contributed by atoms with Crippen LogP contribution >= 0.6 is 11.3 Å². The van der Waals surface area contributed by atoms with Gasteiger partial charge in [-0.3, -0.25) is 0 Å². The van der Waals surface area contributed by atoms with Gasteiger partial charge in [0.1, 0.15) is 0 Å². The number of aryl methyl sites for hydroxylation is 2. The van der Waals surface area contributed by atoms with Crippen molar-refractivity contribution in [2.75, 3.05) is 0 Å². The molecule has 1 atom stereocenters. The van der Waals surface area contributed by atoms with Crippen LogP contribution in [0.15, 0.2) is 29.8 Å². The summed E-state index contributed by atoms with van der Waals surface area (Å²) in [5.41, 5.74) is 3.36. The second kappa shape index (κ2) is 4.76. The van der Waals surface area contributed by atoms with Crippen LogP contribution in [0, 0.1) is 13.8 Å². The number of aliphatic hydroxyl groups is 1. The van der Waals surface area contributed by atoms with Crippen molar-refractivity contribution in [1.29, 1.82) is 0 Å². The molecule has 1 heterocycles. The van der Waals surface area contributed by atoms with Gasteiger partial charge in [0.15, 0.2) is 0 Å². The zero-order valence-electron chi connectivity index (χ0n) is 9.47. The minimum atomic E-state index is -0.454. The molecule has 1 aromatic heterocycles. The highest BCUT2D eigenvalue weighted by Gasteiger charge is 2.10. The van der Waals surface area contributed by atoms with Crippen LogP contribution in [0.5, 0.6) is 0 Å². The second-order valence-corrected chi connectivity index (χ2v) is 5.05. The number of aliphatic hydroxyl groups excluding tert-OH is 1. The van der Waals surface area contributed by atoms with Crippen molar-refractivity contribution in [1.82, 2.24) is 4.98 Å². The molecule has 0 aliphatic carbocycles. The molecule has 1 unspecified atom stereocenters. The van der Waals surface area contributed by atoms with Gasteiger partial charge in [-0.15, -0.1) is 11.3 Å². The first-order valence-electron chi connectivity index (χ1n) is 5.30. The lowest BCUT2D eigenvalue weighted by molar-refractivity contribution is 0.178. The van der Waals surface area contributed by atoms with Crippen LogP contribution in [-0.2, 0) is 6.42 Å². The highest BCUT2D eigenvalue weighted by molar-refractivity contribution is 7.09. The standard InChI is InChI=1S/C13H15NOS/c1-9-5-10(2)7-11(6-9)12(15)8-13-14-3-4-16-13/h3-7,12,15H,8H2,1-2H3. The van der Waals surface area contributed by atoms with E-state index >= 15 is 0 Å². The Morgan fingerprint density at radius 1 is 1.25 bits per heavy atom. The molecule has 1 N–H and O–H groups in total. The van der Waals surface area contributed by atoms with E-state index in [2.05, 4.69) is 11.1 Å². The Labute approximate surface area is 99.6 Å². The molecule has 0 aliphatic heterocycles. The predicted molar refractivity (Wildman–Crippen MR) is 66.7 cm³/mol. The van der Waals surface area contributed by atoms with Crippen molar-refractivity contribution in [3.8, 4) is 0 Å². The Kier molecular flexibility index (Phi) is 3.36. The molecule has 16 heavy (non-hydrogen) atoms. The third-order valence-electron chi connectivity index (χ3n) is 2.48. The summed E-state index contributed by atoms with van der Waals surface area (Å²) < 4.78 is 0. The van der Waals surface area contributed by atoms with Crippen LogP contribution in [0.3, 0.4) is 0 Å². The van der Waals surface area contributed by atoms with E-state index in [-0.39, 0.29) is 0 Å². The predicted octanol–water partition coefficient (Wildman–Crippen LogP) is 3.04. The zero-order chi connectivity index (χ0) is 11.5. The number of nitrogens with zero attached hydrogens (tertiary/aromatic N) is 1. The van der Waals surface area contributed by atoms with Crippen LogP contribution in [0.25, 0.3) is 0 Å². The average molecular weight is 233 g/mol. The third-order valence-corrected chi connectivity index (χ3v) is 3.28. The molecule has 0 spiro atoms. The van der Waals surface area contributed by atoms with Gasteiger partial charge < -0.3 is 5.11 Å². The maximum atomic E-state index is 10.1. The first-order valence-corrected chi connectivity index (χ1v) is 6.18. The Balaban J connectivity index is 2.17. The molecule has 0 saturated carbocycles. The van der Waals surface area contributed by atoms with Gasteiger partial charge in [0.2, 0.25) is 0 Å². The minimum Gasteiger partial charge on any atom is -0.388 e. The Hall–Kier alpha value is -1.19. The lowest BCUT2D eigenvalue weighted by Gasteiger charge is -2.11. The fourth-order valence-electron chi connectivity index (χ4n) is 1.84. The van der Waals surface area contributed by atoms with E-state index in [1.165, 1.54) is 11.1 Å². The van der Waals surface area contributed by atoms with Crippen molar-refractivity contribution >= 4 is 11.3 Å². The number of hydrogen-bond acceptors (Lipinski definition) is 3.